The van der Waals surface area contributed by atoms with Crippen LogP contribution in [0.15, 0.2) is 28.8 Å². The SMILES string of the molecule is COc1ccc(-c2noc(N3CCC(C(=O)NCC4CCN(CC5CCN(C)CC5)C4)CC3)n2)cc1. The Kier molecular flexibility index (Phi) is 8.06. The van der Waals surface area contributed by atoms with Gasteiger partial charge in [0, 0.05) is 44.2 Å². The van der Waals surface area contributed by atoms with Crippen LogP contribution in [0.2, 0.25) is 0 Å². The van der Waals surface area contributed by atoms with E-state index in [9.17, 15) is 4.79 Å². The first kappa shape index (κ1) is 25.0. The van der Waals surface area contributed by atoms with Gasteiger partial charge in [-0.1, -0.05) is 5.16 Å². The lowest BCUT2D eigenvalue weighted by molar-refractivity contribution is -0.125. The highest BCUT2D eigenvalue weighted by atomic mass is 16.5. The zero-order valence-electron chi connectivity index (χ0n) is 21.7. The van der Waals surface area contributed by atoms with Crippen molar-refractivity contribution >= 4 is 11.9 Å². The Bertz CT molecular complexity index is 980. The number of piperidine rings is 2. The van der Waals surface area contributed by atoms with E-state index in [0.29, 0.717) is 17.8 Å². The number of methoxy groups -OCH3 is 1. The van der Waals surface area contributed by atoms with E-state index in [0.717, 1.165) is 56.3 Å². The normalized spacial score (nSPS) is 22.7. The fourth-order valence-electron chi connectivity index (χ4n) is 5.78. The van der Waals surface area contributed by atoms with Crippen LogP contribution in [-0.2, 0) is 4.79 Å². The number of nitrogens with zero attached hydrogens (tertiary/aromatic N) is 5. The largest absolute Gasteiger partial charge is 0.497 e. The molecule has 36 heavy (non-hydrogen) atoms. The molecule has 1 aromatic heterocycles. The van der Waals surface area contributed by atoms with Crippen LogP contribution in [-0.4, -0.2) is 92.4 Å². The molecule has 1 atom stereocenters. The Labute approximate surface area is 214 Å². The molecule has 3 fully saturated rings. The number of likely N-dealkylation sites (tertiary alicyclic amines) is 2. The lowest BCUT2D eigenvalue weighted by atomic mass is 9.96. The van der Waals surface area contributed by atoms with E-state index in [1.807, 2.05) is 24.3 Å². The molecule has 0 radical (unpaired) electrons. The molecule has 1 unspecified atom stereocenters. The maximum atomic E-state index is 12.9. The molecule has 1 N–H and O–H groups in total. The van der Waals surface area contributed by atoms with E-state index in [2.05, 4.69) is 37.2 Å². The third kappa shape index (κ3) is 6.18. The smallest absolute Gasteiger partial charge is 0.324 e. The van der Waals surface area contributed by atoms with E-state index >= 15 is 0 Å². The number of amides is 1. The maximum Gasteiger partial charge on any atom is 0.324 e. The van der Waals surface area contributed by atoms with Crippen molar-refractivity contribution in [3.05, 3.63) is 24.3 Å². The number of ether oxygens (including phenoxy) is 1. The summed E-state index contributed by atoms with van der Waals surface area (Å²) in [6.07, 6.45) is 5.44. The summed E-state index contributed by atoms with van der Waals surface area (Å²) in [4.78, 5) is 24.6. The van der Waals surface area contributed by atoms with Crippen LogP contribution in [0.5, 0.6) is 5.75 Å². The number of nitrogens with one attached hydrogen (secondary N) is 1. The molecule has 2 aromatic rings. The summed E-state index contributed by atoms with van der Waals surface area (Å²) in [5, 5.41) is 7.40. The number of anilines is 1. The molecular formula is C27H40N6O3. The van der Waals surface area contributed by atoms with Gasteiger partial charge in [-0.15, -0.1) is 0 Å². The summed E-state index contributed by atoms with van der Waals surface area (Å²) < 4.78 is 10.7. The summed E-state index contributed by atoms with van der Waals surface area (Å²) in [5.41, 5.74) is 0.886. The monoisotopic (exact) mass is 496 g/mol. The van der Waals surface area contributed by atoms with E-state index in [4.69, 9.17) is 9.26 Å². The van der Waals surface area contributed by atoms with Crippen LogP contribution in [0.25, 0.3) is 11.4 Å². The molecule has 4 heterocycles. The fraction of sp³-hybridized carbons (Fsp3) is 0.667. The summed E-state index contributed by atoms with van der Waals surface area (Å²) in [6.45, 7) is 8.28. The van der Waals surface area contributed by atoms with Crippen LogP contribution >= 0.6 is 0 Å². The van der Waals surface area contributed by atoms with Crippen molar-refractivity contribution < 1.29 is 14.1 Å². The maximum absolute atomic E-state index is 12.9. The van der Waals surface area contributed by atoms with Crippen molar-refractivity contribution in [3.8, 4) is 17.1 Å². The quantitative estimate of drug-likeness (QED) is 0.597. The van der Waals surface area contributed by atoms with Crippen LogP contribution < -0.4 is 15.0 Å². The lowest BCUT2D eigenvalue weighted by Gasteiger charge is -2.31. The molecule has 5 rings (SSSR count). The number of carbonyl (C=O) groups is 1. The third-order valence-corrected chi connectivity index (χ3v) is 8.19. The van der Waals surface area contributed by atoms with Gasteiger partial charge in [-0.25, -0.2) is 0 Å². The second-order valence-electron chi connectivity index (χ2n) is 10.8. The molecule has 0 saturated carbocycles. The molecular weight excluding hydrogens is 456 g/mol. The zero-order valence-corrected chi connectivity index (χ0v) is 21.7. The molecule has 0 bridgehead atoms. The number of rotatable bonds is 8. The summed E-state index contributed by atoms with van der Waals surface area (Å²) in [6, 6.07) is 8.13. The van der Waals surface area contributed by atoms with Crippen molar-refractivity contribution in [1.29, 1.82) is 0 Å². The van der Waals surface area contributed by atoms with Crippen molar-refractivity contribution in [2.75, 3.05) is 71.4 Å². The van der Waals surface area contributed by atoms with Gasteiger partial charge in [0.15, 0.2) is 0 Å². The van der Waals surface area contributed by atoms with Gasteiger partial charge in [0.1, 0.15) is 5.75 Å². The number of hydrogen-bond donors (Lipinski definition) is 1. The highest BCUT2D eigenvalue weighted by Gasteiger charge is 2.30. The van der Waals surface area contributed by atoms with Gasteiger partial charge in [0.2, 0.25) is 11.7 Å². The Hall–Kier alpha value is -2.65. The molecule has 9 heteroatoms. The summed E-state index contributed by atoms with van der Waals surface area (Å²) in [7, 11) is 3.87. The molecule has 3 aliphatic rings. The average Bonchev–Trinajstić information content (AvgIpc) is 3.59. The second kappa shape index (κ2) is 11.6. The Balaban J connectivity index is 1.02. The van der Waals surface area contributed by atoms with Crippen molar-refractivity contribution in [2.45, 2.75) is 32.1 Å². The molecule has 0 spiro atoms. The highest BCUT2D eigenvalue weighted by molar-refractivity contribution is 5.79. The average molecular weight is 497 g/mol. The van der Waals surface area contributed by atoms with Crippen LogP contribution in [0.4, 0.5) is 6.01 Å². The summed E-state index contributed by atoms with van der Waals surface area (Å²) >= 11 is 0. The van der Waals surface area contributed by atoms with Gasteiger partial charge in [-0.2, -0.15) is 4.98 Å². The minimum absolute atomic E-state index is 0.0574. The van der Waals surface area contributed by atoms with Crippen molar-refractivity contribution in [3.63, 3.8) is 0 Å². The van der Waals surface area contributed by atoms with Gasteiger partial charge < -0.3 is 29.3 Å². The second-order valence-corrected chi connectivity index (χ2v) is 10.8. The molecule has 3 aliphatic heterocycles. The van der Waals surface area contributed by atoms with Crippen LogP contribution in [0.1, 0.15) is 32.1 Å². The Morgan fingerprint density at radius 3 is 2.47 bits per heavy atom. The minimum atomic E-state index is 0.0574. The van der Waals surface area contributed by atoms with Crippen LogP contribution in [0.3, 0.4) is 0 Å². The fourth-order valence-corrected chi connectivity index (χ4v) is 5.78. The zero-order chi connectivity index (χ0) is 24.9. The standard InChI is InChI=1S/C27H40N6O3/c1-31-12-7-20(8-13-31)18-32-14-9-21(19-32)17-28-26(34)23-10-15-33(16-11-23)27-29-25(30-36-27)22-3-5-24(35-2)6-4-22/h3-6,20-21,23H,7-19H2,1-2H3,(H,28,34). The van der Waals surface area contributed by atoms with Crippen molar-refractivity contribution in [2.24, 2.45) is 17.8 Å². The number of aromatic nitrogens is 2. The number of benzene rings is 1. The summed E-state index contributed by atoms with van der Waals surface area (Å²) in [5.74, 6) is 3.03. The lowest BCUT2D eigenvalue weighted by Crippen LogP contribution is -2.42. The van der Waals surface area contributed by atoms with E-state index < -0.39 is 0 Å². The van der Waals surface area contributed by atoms with Gasteiger partial charge in [0.25, 0.3) is 0 Å². The predicted molar refractivity (Wildman–Crippen MR) is 139 cm³/mol. The molecule has 9 nitrogen and oxygen atoms in total. The topological polar surface area (TPSA) is 87.0 Å². The molecule has 3 saturated heterocycles. The predicted octanol–water partition coefficient (Wildman–Crippen LogP) is 2.74. The molecule has 196 valence electrons. The van der Waals surface area contributed by atoms with Gasteiger partial charge in [-0.05, 0) is 94.9 Å². The van der Waals surface area contributed by atoms with E-state index in [1.165, 1.54) is 45.4 Å². The van der Waals surface area contributed by atoms with Gasteiger partial charge in [-0.3, -0.25) is 4.79 Å². The van der Waals surface area contributed by atoms with E-state index in [1.54, 1.807) is 7.11 Å². The molecule has 1 amide bonds. The van der Waals surface area contributed by atoms with Gasteiger partial charge >= 0.3 is 6.01 Å². The molecule has 1 aromatic carbocycles. The third-order valence-electron chi connectivity index (χ3n) is 8.19. The Morgan fingerprint density at radius 1 is 1.03 bits per heavy atom. The number of carbonyl (C=O) groups excluding carboxylic acids is 1. The number of hydrogen-bond acceptors (Lipinski definition) is 8. The first-order chi connectivity index (χ1) is 17.6. The minimum Gasteiger partial charge on any atom is -0.497 e. The Morgan fingerprint density at radius 2 is 1.75 bits per heavy atom. The highest BCUT2D eigenvalue weighted by Crippen LogP contribution is 2.26. The van der Waals surface area contributed by atoms with Gasteiger partial charge in [0.05, 0.1) is 7.11 Å². The van der Waals surface area contributed by atoms with E-state index in [-0.39, 0.29) is 11.8 Å². The van der Waals surface area contributed by atoms with Crippen molar-refractivity contribution in [1.82, 2.24) is 25.3 Å². The molecule has 0 aliphatic carbocycles. The first-order valence-electron chi connectivity index (χ1n) is 13.5. The van der Waals surface area contributed by atoms with Crippen LogP contribution in [0, 0.1) is 17.8 Å². The first-order valence-corrected chi connectivity index (χ1v) is 13.5.